The minimum Gasteiger partial charge on any atom is -0.329 e. The van der Waals surface area contributed by atoms with Crippen LogP contribution in [0.1, 0.15) is 42.5 Å². The maximum atomic E-state index is 13.5. The minimum atomic E-state index is -0.378. The van der Waals surface area contributed by atoms with Gasteiger partial charge in [0, 0.05) is 24.2 Å². The number of carbonyl (C=O) groups is 1. The van der Waals surface area contributed by atoms with Gasteiger partial charge in [-0.2, -0.15) is 0 Å². The molecule has 0 aliphatic heterocycles. The summed E-state index contributed by atoms with van der Waals surface area (Å²) in [4.78, 5) is 32.9. The third-order valence-corrected chi connectivity index (χ3v) is 5.87. The molecule has 1 atom stereocenters. The van der Waals surface area contributed by atoms with Crippen molar-refractivity contribution in [2.75, 3.05) is 6.54 Å². The highest BCUT2D eigenvalue weighted by atomic mass is 35.5. The first-order valence-corrected chi connectivity index (χ1v) is 10.7. The summed E-state index contributed by atoms with van der Waals surface area (Å²) in [5.41, 5.74) is 1.02. The number of hydrogen-bond acceptors (Lipinski definition) is 3. The zero-order valence-corrected chi connectivity index (χ0v) is 18.6. The van der Waals surface area contributed by atoms with Crippen LogP contribution in [0.5, 0.6) is 0 Å². The molecule has 0 aliphatic carbocycles. The Kier molecular flexibility index (Phi) is 5.79. The second-order valence-corrected chi connectivity index (χ2v) is 8.17. The van der Waals surface area contributed by atoms with Crippen LogP contribution in [0.15, 0.2) is 65.5 Å². The maximum Gasteiger partial charge on any atom is 0.261 e. The number of amides is 1. The van der Waals surface area contributed by atoms with Gasteiger partial charge in [-0.15, -0.1) is 0 Å². The lowest BCUT2D eigenvalue weighted by Crippen LogP contribution is -2.37. The van der Waals surface area contributed by atoms with Crippen molar-refractivity contribution in [1.82, 2.24) is 14.5 Å². The van der Waals surface area contributed by atoms with Gasteiger partial charge in [0.1, 0.15) is 5.82 Å². The van der Waals surface area contributed by atoms with E-state index in [4.69, 9.17) is 16.6 Å². The van der Waals surface area contributed by atoms with Crippen LogP contribution < -0.4 is 5.56 Å². The molecule has 1 unspecified atom stereocenters. The molecular formula is C25H24ClN3O2. The third kappa shape index (κ3) is 3.93. The summed E-state index contributed by atoms with van der Waals surface area (Å²) in [6, 6.07) is 18.4. The smallest absolute Gasteiger partial charge is 0.261 e. The van der Waals surface area contributed by atoms with E-state index in [1.54, 1.807) is 30.1 Å². The second-order valence-electron chi connectivity index (χ2n) is 7.73. The summed E-state index contributed by atoms with van der Waals surface area (Å²) in [5.74, 6) is 0.466. The summed E-state index contributed by atoms with van der Waals surface area (Å²) in [5, 5.41) is 3.07. The van der Waals surface area contributed by atoms with Gasteiger partial charge in [0.15, 0.2) is 0 Å². The standard InChI is InChI=1S/C25H24ClN3O2/c1-4-13-29(24(30)19-10-9-17-7-5-6-8-18(17)14-19)16(2)23-27-22-12-11-20(26)15-21(22)25(31)28(23)3/h5-12,14-16H,4,13H2,1-3H3. The predicted octanol–water partition coefficient (Wildman–Crippen LogP) is 5.35. The monoisotopic (exact) mass is 433 g/mol. The van der Waals surface area contributed by atoms with Crippen molar-refractivity contribution in [2.45, 2.75) is 26.3 Å². The molecule has 0 bridgehead atoms. The van der Waals surface area contributed by atoms with Gasteiger partial charge in [-0.1, -0.05) is 48.9 Å². The molecule has 0 saturated carbocycles. The van der Waals surface area contributed by atoms with Crippen molar-refractivity contribution in [1.29, 1.82) is 0 Å². The summed E-state index contributed by atoms with van der Waals surface area (Å²) < 4.78 is 1.51. The molecular weight excluding hydrogens is 410 g/mol. The van der Waals surface area contributed by atoms with Gasteiger partial charge in [0.25, 0.3) is 11.5 Å². The number of rotatable bonds is 5. The average molecular weight is 434 g/mol. The first-order valence-electron chi connectivity index (χ1n) is 10.4. The lowest BCUT2D eigenvalue weighted by atomic mass is 10.1. The van der Waals surface area contributed by atoms with E-state index in [9.17, 15) is 9.59 Å². The fraction of sp³-hybridized carbons (Fsp3) is 0.240. The first-order chi connectivity index (χ1) is 14.9. The van der Waals surface area contributed by atoms with Crippen LogP contribution in [0.25, 0.3) is 21.7 Å². The van der Waals surface area contributed by atoms with Crippen LogP contribution >= 0.6 is 11.6 Å². The predicted molar refractivity (Wildman–Crippen MR) is 126 cm³/mol. The van der Waals surface area contributed by atoms with E-state index in [0.29, 0.717) is 33.9 Å². The molecule has 3 aromatic carbocycles. The van der Waals surface area contributed by atoms with Crippen molar-refractivity contribution in [3.05, 3.63) is 87.4 Å². The Morgan fingerprint density at radius 1 is 1.10 bits per heavy atom. The molecule has 1 aromatic heterocycles. The van der Waals surface area contributed by atoms with Gasteiger partial charge < -0.3 is 4.90 Å². The Bertz CT molecular complexity index is 1350. The molecule has 0 aliphatic rings. The zero-order valence-electron chi connectivity index (χ0n) is 17.8. The summed E-state index contributed by atoms with van der Waals surface area (Å²) in [6.45, 7) is 4.50. The highest BCUT2D eigenvalue weighted by molar-refractivity contribution is 6.31. The quantitative estimate of drug-likeness (QED) is 0.426. The molecule has 6 heteroatoms. The number of nitrogens with zero attached hydrogens (tertiary/aromatic N) is 3. The highest BCUT2D eigenvalue weighted by Crippen LogP contribution is 2.24. The molecule has 0 fully saturated rings. The summed E-state index contributed by atoms with van der Waals surface area (Å²) >= 11 is 6.06. The first kappa shape index (κ1) is 21.1. The molecule has 5 nitrogen and oxygen atoms in total. The fourth-order valence-electron chi connectivity index (χ4n) is 3.97. The normalized spacial score (nSPS) is 12.3. The fourth-order valence-corrected chi connectivity index (χ4v) is 4.15. The van der Waals surface area contributed by atoms with Gasteiger partial charge in [0.05, 0.1) is 16.9 Å². The molecule has 158 valence electrons. The van der Waals surface area contributed by atoms with Crippen molar-refractivity contribution in [2.24, 2.45) is 7.05 Å². The lowest BCUT2D eigenvalue weighted by Gasteiger charge is -2.30. The van der Waals surface area contributed by atoms with E-state index in [-0.39, 0.29) is 17.5 Å². The average Bonchev–Trinajstić information content (AvgIpc) is 2.79. The molecule has 0 N–H and O–H groups in total. The van der Waals surface area contributed by atoms with Gasteiger partial charge in [-0.3, -0.25) is 14.2 Å². The zero-order chi connectivity index (χ0) is 22.1. The van der Waals surface area contributed by atoms with Gasteiger partial charge in [0.2, 0.25) is 0 Å². The highest BCUT2D eigenvalue weighted by Gasteiger charge is 2.26. The van der Waals surface area contributed by atoms with Crippen molar-refractivity contribution in [3.8, 4) is 0 Å². The van der Waals surface area contributed by atoms with Crippen molar-refractivity contribution < 1.29 is 4.79 Å². The number of carbonyl (C=O) groups excluding carboxylic acids is 1. The summed E-state index contributed by atoms with van der Waals surface area (Å²) in [7, 11) is 1.69. The number of benzene rings is 3. The van der Waals surface area contributed by atoms with Gasteiger partial charge in [-0.25, -0.2) is 4.98 Å². The van der Waals surface area contributed by atoms with Crippen LogP contribution in [-0.4, -0.2) is 26.9 Å². The second kappa shape index (κ2) is 8.52. The van der Waals surface area contributed by atoms with Crippen LogP contribution in [0.2, 0.25) is 5.02 Å². The minimum absolute atomic E-state index is 0.0782. The molecule has 1 amide bonds. The molecule has 1 heterocycles. The Labute approximate surface area is 185 Å². The van der Waals surface area contributed by atoms with E-state index < -0.39 is 0 Å². The van der Waals surface area contributed by atoms with E-state index in [0.717, 1.165) is 17.2 Å². The van der Waals surface area contributed by atoms with E-state index in [1.807, 2.05) is 56.3 Å². The van der Waals surface area contributed by atoms with Crippen LogP contribution in [0, 0.1) is 0 Å². The Morgan fingerprint density at radius 3 is 2.58 bits per heavy atom. The molecule has 4 rings (SSSR count). The van der Waals surface area contributed by atoms with Gasteiger partial charge in [-0.05, 0) is 54.4 Å². The van der Waals surface area contributed by atoms with Gasteiger partial charge >= 0.3 is 0 Å². The van der Waals surface area contributed by atoms with Crippen molar-refractivity contribution in [3.63, 3.8) is 0 Å². The van der Waals surface area contributed by atoms with Crippen molar-refractivity contribution >= 4 is 39.2 Å². The number of fused-ring (bicyclic) bond motifs is 2. The Hall–Kier alpha value is -3.18. The van der Waals surface area contributed by atoms with Crippen LogP contribution in [-0.2, 0) is 7.05 Å². The Morgan fingerprint density at radius 2 is 1.84 bits per heavy atom. The molecule has 4 aromatic rings. The van der Waals surface area contributed by atoms with E-state index >= 15 is 0 Å². The topological polar surface area (TPSA) is 55.2 Å². The molecule has 0 saturated heterocycles. The number of hydrogen-bond donors (Lipinski definition) is 0. The molecule has 0 spiro atoms. The molecule has 31 heavy (non-hydrogen) atoms. The lowest BCUT2D eigenvalue weighted by molar-refractivity contribution is 0.0680. The Balaban J connectivity index is 1.77. The van der Waals surface area contributed by atoms with Crippen LogP contribution in [0.4, 0.5) is 0 Å². The van der Waals surface area contributed by atoms with E-state index in [1.165, 1.54) is 4.57 Å². The van der Waals surface area contributed by atoms with Crippen LogP contribution in [0.3, 0.4) is 0 Å². The maximum absolute atomic E-state index is 13.5. The molecule has 0 radical (unpaired) electrons. The van der Waals surface area contributed by atoms with E-state index in [2.05, 4.69) is 0 Å². The summed E-state index contributed by atoms with van der Waals surface area (Å²) in [6.07, 6.45) is 0.792. The number of halogens is 1. The number of aromatic nitrogens is 2. The third-order valence-electron chi connectivity index (χ3n) is 5.64. The largest absolute Gasteiger partial charge is 0.329 e. The SMILES string of the molecule is CCCN(C(=O)c1ccc2ccccc2c1)C(C)c1nc2ccc(Cl)cc2c(=O)n1C.